The maximum absolute atomic E-state index is 11.4. The van der Waals surface area contributed by atoms with Crippen LogP contribution in [0, 0.1) is 0 Å². The molecule has 0 aromatic heterocycles. The minimum atomic E-state index is -6.17. The summed E-state index contributed by atoms with van der Waals surface area (Å²) in [4.78, 5) is 0. The molecule has 0 aromatic carbocycles. The molecule has 0 fully saturated rings. The van der Waals surface area contributed by atoms with Crippen LogP contribution in [0.25, 0.3) is 0 Å². The molecule has 0 radical (unpaired) electrons. The van der Waals surface area contributed by atoms with E-state index < -0.39 is 42.2 Å². The third-order valence-electron chi connectivity index (χ3n) is 0.534. The maximum atomic E-state index is 11.4. The SMILES string of the molecule is FC(F)(F)[O][Bi]([O]C(F)(F)F)[O]C(F)(F)F. The van der Waals surface area contributed by atoms with Crippen molar-refractivity contribution in [1.29, 1.82) is 0 Å². The van der Waals surface area contributed by atoms with Gasteiger partial charge in [0, 0.05) is 0 Å². The van der Waals surface area contributed by atoms with Crippen LogP contribution in [0.2, 0.25) is 0 Å². The summed E-state index contributed by atoms with van der Waals surface area (Å²) < 4.78 is 110. The van der Waals surface area contributed by atoms with Gasteiger partial charge < -0.3 is 0 Å². The molecule has 0 saturated heterocycles. The van der Waals surface area contributed by atoms with E-state index in [1.807, 2.05) is 0 Å². The normalized spacial score (nSPS) is 14.6. The van der Waals surface area contributed by atoms with Crippen molar-refractivity contribution in [2.75, 3.05) is 0 Å². The van der Waals surface area contributed by atoms with E-state index in [1.165, 1.54) is 0 Å². The molecule has 0 saturated carbocycles. The zero-order valence-corrected chi connectivity index (χ0v) is 10.1. The van der Waals surface area contributed by atoms with E-state index in [0.29, 0.717) is 0 Å². The fraction of sp³-hybridized carbons (Fsp3) is 1.00. The van der Waals surface area contributed by atoms with Gasteiger partial charge >= 0.3 is 90.1 Å². The number of halogens is 9. The summed E-state index contributed by atoms with van der Waals surface area (Å²) in [6.45, 7) is 0. The van der Waals surface area contributed by atoms with Crippen LogP contribution >= 0.6 is 0 Å². The molecular formula is C3BiF9O3. The Labute approximate surface area is 90.6 Å². The van der Waals surface area contributed by atoms with E-state index in [1.54, 1.807) is 0 Å². The second kappa shape index (κ2) is 5.19. The Hall–Kier alpha value is 0.133. The van der Waals surface area contributed by atoms with Crippen molar-refractivity contribution in [2.45, 2.75) is 19.1 Å². The fourth-order valence-corrected chi connectivity index (χ4v) is 2.72. The Morgan fingerprint density at radius 2 is 0.688 bits per heavy atom. The van der Waals surface area contributed by atoms with Gasteiger partial charge in [0.1, 0.15) is 0 Å². The molecule has 16 heavy (non-hydrogen) atoms. The summed E-state index contributed by atoms with van der Waals surface area (Å²) in [6, 6.07) is 0. The Kier molecular flexibility index (Phi) is 5.23. The van der Waals surface area contributed by atoms with Gasteiger partial charge in [-0.25, -0.2) is 0 Å². The summed E-state index contributed by atoms with van der Waals surface area (Å²) in [5.41, 5.74) is 0. The topological polar surface area (TPSA) is 27.7 Å². The van der Waals surface area contributed by atoms with Gasteiger partial charge in [-0.2, -0.15) is 0 Å². The Morgan fingerprint density at radius 3 is 0.812 bits per heavy atom. The van der Waals surface area contributed by atoms with Gasteiger partial charge in [0.25, 0.3) is 0 Å². The molecule has 0 rings (SSSR count). The Morgan fingerprint density at radius 1 is 0.500 bits per heavy atom. The number of hydrogen-bond donors (Lipinski definition) is 0. The number of rotatable bonds is 3. The molecule has 0 N–H and O–H groups in total. The quantitative estimate of drug-likeness (QED) is 0.475. The van der Waals surface area contributed by atoms with Gasteiger partial charge in [-0.3, -0.25) is 0 Å². The fourth-order valence-electron chi connectivity index (χ4n) is 0.309. The molecular weight excluding hydrogens is 464 g/mol. The first kappa shape index (κ1) is 16.1. The second-order valence-corrected chi connectivity index (χ2v) is 5.70. The zero-order valence-electron chi connectivity index (χ0n) is 6.57. The molecule has 0 spiro atoms. The summed E-state index contributed by atoms with van der Waals surface area (Å²) in [5.74, 6) is 0. The third kappa shape index (κ3) is 10.6. The van der Waals surface area contributed by atoms with E-state index >= 15 is 0 Å². The van der Waals surface area contributed by atoms with Crippen LogP contribution in [0.5, 0.6) is 0 Å². The van der Waals surface area contributed by atoms with Crippen LogP contribution in [0.1, 0.15) is 0 Å². The van der Waals surface area contributed by atoms with Crippen molar-refractivity contribution < 1.29 is 48.0 Å². The standard InChI is InChI=1S/3CF3O.Bi/c3*2-1(3,4)5;/q3*-1;+3. The summed E-state index contributed by atoms with van der Waals surface area (Å²) in [5, 5.41) is 0. The van der Waals surface area contributed by atoms with Crippen molar-refractivity contribution >= 4 is 23.1 Å². The molecule has 0 bridgehead atoms. The molecule has 0 heterocycles. The van der Waals surface area contributed by atoms with Crippen molar-refractivity contribution in [3.05, 3.63) is 0 Å². The summed E-state index contributed by atoms with van der Waals surface area (Å²) in [6.07, 6.45) is -17.1. The van der Waals surface area contributed by atoms with Gasteiger partial charge in [0.05, 0.1) is 0 Å². The molecule has 0 amide bonds. The molecule has 13 heteroatoms. The van der Waals surface area contributed by atoms with Crippen LogP contribution in [0.15, 0.2) is 0 Å². The molecule has 0 aliphatic carbocycles. The summed E-state index contributed by atoms with van der Waals surface area (Å²) in [7, 11) is 0. The molecule has 0 aliphatic rings. The van der Waals surface area contributed by atoms with E-state index in [2.05, 4.69) is 8.44 Å². The van der Waals surface area contributed by atoms with Crippen molar-refractivity contribution in [1.82, 2.24) is 0 Å². The zero-order chi connectivity index (χ0) is 13.2. The first-order valence-corrected chi connectivity index (χ1v) is 7.12. The van der Waals surface area contributed by atoms with Gasteiger partial charge in [0.2, 0.25) is 0 Å². The van der Waals surface area contributed by atoms with Gasteiger partial charge in [0.15, 0.2) is 0 Å². The van der Waals surface area contributed by atoms with Gasteiger partial charge in [-0.15, -0.1) is 0 Å². The van der Waals surface area contributed by atoms with Gasteiger partial charge in [-0.1, -0.05) is 0 Å². The van der Waals surface area contributed by atoms with Crippen molar-refractivity contribution in [3.8, 4) is 0 Å². The predicted octanol–water partition coefficient (Wildman–Crippen LogP) is 2.58. The average molecular weight is 464 g/mol. The van der Waals surface area contributed by atoms with Crippen LogP contribution in [0.4, 0.5) is 39.5 Å². The van der Waals surface area contributed by atoms with Crippen LogP contribution in [0.3, 0.4) is 0 Å². The number of alkyl halides is 9. The number of hydrogen-bond acceptors (Lipinski definition) is 3. The molecule has 0 aliphatic heterocycles. The predicted molar refractivity (Wildman–Crippen MR) is 27.2 cm³/mol. The minimum absolute atomic E-state index is 2.51. The first-order valence-electron chi connectivity index (χ1n) is 2.86. The molecule has 0 atom stereocenters. The molecule has 3 nitrogen and oxygen atoms in total. The second-order valence-electron chi connectivity index (χ2n) is 1.83. The van der Waals surface area contributed by atoms with Gasteiger partial charge in [-0.05, 0) is 0 Å². The van der Waals surface area contributed by atoms with Crippen LogP contribution < -0.4 is 0 Å². The van der Waals surface area contributed by atoms with Crippen molar-refractivity contribution in [2.24, 2.45) is 0 Å². The van der Waals surface area contributed by atoms with E-state index in [9.17, 15) is 39.5 Å². The monoisotopic (exact) mass is 464 g/mol. The van der Waals surface area contributed by atoms with E-state index in [4.69, 9.17) is 0 Å². The van der Waals surface area contributed by atoms with Crippen molar-refractivity contribution in [3.63, 3.8) is 0 Å². The summed E-state index contributed by atoms with van der Waals surface area (Å²) >= 11 is -6.17. The first-order chi connectivity index (χ1) is 6.79. The van der Waals surface area contributed by atoms with Crippen LogP contribution in [-0.2, 0) is 8.44 Å². The Balaban J connectivity index is 4.53. The molecule has 0 aromatic rings. The Bertz CT molecular complexity index is 179. The average Bonchev–Trinajstić information content (AvgIpc) is 1.70. The van der Waals surface area contributed by atoms with Crippen LogP contribution in [-0.4, -0.2) is 42.2 Å². The molecule has 0 unspecified atom stereocenters. The third-order valence-corrected chi connectivity index (χ3v) is 4.69. The van der Waals surface area contributed by atoms with E-state index in [-0.39, 0.29) is 0 Å². The molecule has 98 valence electrons. The van der Waals surface area contributed by atoms with E-state index in [0.717, 1.165) is 0 Å².